The second-order valence-corrected chi connectivity index (χ2v) is 4.71. The van der Waals surface area contributed by atoms with Gasteiger partial charge in [0.05, 0.1) is 10.7 Å². The molecule has 0 radical (unpaired) electrons. The Bertz CT molecular complexity index is 608. The van der Waals surface area contributed by atoms with Gasteiger partial charge in [0.25, 0.3) is 0 Å². The zero-order valence-electron chi connectivity index (χ0n) is 10.7. The number of benzene rings is 1. The molecule has 0 aliphatic carbocycles. The monoisotopic (exact) mass is 278 g/mol. The number of anilines is 1. The van der Waals surface area contributed by atoms with Crippen LogP contribution in [-0.4, -0.2) is 21.7 Å². The fourth-order valence-electron chi connectivity index (χ4n) is 1.71. The van der Waals surface area contributed by atoms with Crippen LogP contribution in [0.3, 0.4) is 0 Å². The van der Waals surface area contributed by atoms with Crippen LogP contribution in [0, 0.1) is 6.92 Å². The number of carbonyl (C=O) groups excluding carboxylic acids is 1. The third-order valence-corrected chi connectivity index (χ3v) is 3.08. The number of nitrogens with zero attached hydrogens (tertiary/aromatic N) is 2. The van der Waals surface area contributed by atoms with Crippen molar-refractivity contribution >= 4 is 23.3 Å². The Balaban J connectivity index is 2.32. The zero-order chi connectivity index (χ0) is 14.0. The lowest BCUT2D eigenvalue weighted by molar-refractivity contribution is -0.118. The summed E-state index contributed by atoms with van der Waals surface area (Å²) in [6, 6.07) is 8.79. The highest BCUT2D eigenvalue weighted by Gasteiger charge is 2.13. The molecule has 0 saturated carbocycles. The van der Waals surface area contributed by atoms with E-state index < -0.39 is 11.9 Å². The maximum Gasteiger partial charge on any atom is 0.239 e. The Labute approximate surface area is 116 Å². The van der Waals surface area contributed by atoms with E-state index in [9.17, 15) is 4.79 Å². The Kier molecular flexibility index (Phi) is 3.76. The van der Waals surface area contributed by atoms with Crippen molar-refractivity contribution in [1.82, 2.24) is 9.78 Å². The molecule has 0 aliphatic heterocycles. The van der Waals surface area contributed by atoms with Gasteiger partial charge in [-0.1, -0.05) is 23.7 Å². The average Bonchev–Trinajstić information content (AvgIpc) is 2.70. The number of hydrogen-bond acceptors (Lipinski definition) is 3. The third kappa shape index (κ3) is 2.88. The van der Waals surface area contributed by atoms with Crippen LogP contribution >= 0.6 is 11.6 Å². The third-order valence-electron chi connectivity index (χ3n) is 2.76. The zero-order valence-corrected chi connectivity index (χ0v) is 11.5. The van der Waals surface area contributed by atoms with Crippen LogP contribution in [0.2, 0.25) is 5.02 Å². The molecule has 0 saturated heterocycles. The molecule has 5 nitrogen and oxygen atoms in total. The molecule has 0 unspecified atom stereocenters. The molecule has 0 aliphatic rings. The molecule has 1 aromatic heterocycles. The number of para-hydroxylation sites is 1. The Morgan fingerprint density at radius 2 is 2.16 bits per heavy atom. The number of aromatic nitrogens is 2. The lowest BCUT2D eigenvalue weighted by Gasteiger charge is -2.08. The van der Waals surface area contributed by atoms with E-state index in [2.05, 4.69) is 10.4 Å². The summed E-state index contributed by atoms with van der Waals surface area (Å²) in [4.78, 5) is 11.0. The highest BCUT2D eigenvalue weighted by molar-refractivity contribution is 6.32. The van der Waals surface area contributed by atoms with Crippen molar-refractivity contribution in [1.29, 1.82) is 0 Å². The van der Waals surface area contributed by atoms with Gasteiger partial charge in [-0.05, 0) is 26.0 Å². The SMILES string of the molecule is Cc1cc(N[C@@H](C)C(N)=O)nn1-c1ccccc1Cl. The number of nitrogens with two attached hydrogens (primary N) is 1. The summed E-state index contributed by atoms with van der Waals surface area (Å²) in [5, 5.41) is 7.93. The normalized spacial score (nSPS) is 12.2. The maximum atomic E-state index is 11.0. The van der Waals surface area contributed by atoms with Crippen LogP contribution in [0.1, 0.15) is 12.6 Å². The lowest BCUT2D eigenvalue weighted by atomic mass is 10.3. The van der Waals surface area contributed by atoms with Gasteiger partial charge in [-0.2, -0.15) is 5.10 Å². The second kappa shape index (κ2) is 5.32. The van der Waals surface area contributed by atoms with E-state index in [0.717, 1.165) is 11.4 Å². The second-order valence-electron chi connectivity index (χ2n) is 4.30. The molecule has 1 heterocycles. The number of halogens is 1. The molecule has 0 spiro atoms. The minimum absolute atomic E-state index is 0.426. The summed E-state index contributed by atoms with van der Waals surface area (Å²) in [7, 11) is 0. The summed E-state index contributed by atoms with van der Waals surface area (Å²) < 4.78 is 1.72. The Hall–Kier alpha value is -2.01. The fraction of sp³-hybridized carbons (Fsp3) is 0.231. The van der Waals surface area contributed by atoms with Crippen molar-refractivity contribution < 1.29 is 4.79 Å². The molecule has 1 atom stereocenters. The lowest BCUT2D eigenvalue weighted by Crippen LogP contribution is -2.32. The summed E-state index contributed by atoms with van der Waals surface area (Å²) >= 11 is 6.14. The molecule has 2 rings (SSSR count). The standard InChI is InChI=1S/C13H15ClN4O/c1-8-7-12(16-9(2)13(15)19)17-18(8)11-6-4-3-5-10(11)14/h3-7,9H,1-2H3,(H2,15,19)(H,16,17)/t9-/m0/s1. The largest absolute Gasteiger partial charge is 0.368 e. The molecule has 0 fully saturated rings. The van der Waals surface area contributed by atoms with Gasteiger partial charge in [-0.3, -0.25) is 4.79 Å². The fourth-order valence-corrected chi connectivity index (χ4v) is 1.92. The Morgan fingerprint density at radius 3 is 2.79 bits per heavy atom. The molecule has 1 amide bonds. The highest BCUT2D eigenvalue weighted by Crippen LogP contribution is 2.22. The molecule has 1 aromatic carbocycles. The number of nitrogens with one attached hydrogen (secondary N) is 1. The molecule has 2 aromatic rings. The van der Waals surface area contributed by atoms with E-state index in [1.54, 1.807) is 17.7 Å². The summed E-state index contributed by atoms with van der Waals surface area (Å²) in [6.07, 6.45) is 0. The van der Waals surface area contributed by atoms with Crippen molar-refractivity contribution in [3.05, 3.63) is 41.0 Å². The quantitative estimate of drug-likeness (QED) is 0.900. The van der Waals surface area contributed by atoms with Gasteiger partial charge in [0.1, 0.15) is 11.9 Å². The van der Waals surface area contributed by atoms with Gasteiger partial charge in [-0.15, -0.1) is 0 Å². The van der Waals surface area contributed by atoms with E-state index in [4.69, 9.17) is 17.3 Å². The van der Waals surface area contributed by atoms with Crippen molar-refractivity contribution in [2.75, 3.05) is 5.32 Å². The number of carbonyl (C=O) groups is 1. The molecular weight excluding hydrogens is 264 g/mol. The number of aryl methyl sites for hydroxylation is 1. The summed E-state index contributed by atoms with van der Waals surface area (Å²) in [6.45, 7) is 3.60. The first-order valence-corrected chi connectivity index (χ1v) is 6.24. The Morgan fingerprint density at radius 1 is 1.47 bits per heavy atom. The topological polar surface area (TPSA) is 72.9 Å². The molecule has 6 heteroatoms. The minimum atomic E-state index is -0.478. The first-order valence-electron chi connectivity index (χ1n) is 5.86. The predicted octanol–water partition coefficient (Wildman–Crippen LogP) is 2.12. The minimum Gasteiger partial charge on any atom is -0.368 e. The van der Waals surface area contributed by atoms with E-state index in [-0.39, 0.29) is 0 Å². The van der Waals surface area contributed by atoms with Crippen molar-refractivity contribution in [2.24, 2.45) is 5.73 Å². The first kappa shape index (κ1) is 13.4. The van der Waals surface area contributed by atoms with Crippen LogP contribution in [-0.2, 0) is 4.79 Å². The first-order chi connectivity index (χ1) is 8.99. The summed E-state index contributed by atoms with van der Waals surface area (Å²) in [5.74, 6) is 0.161. The van der Waals surface area contributed by atoms with E-state index in [0.29, 0.717) is 10.8 Å². The van der Waals surface area contributed by atoms with E-state index in [1.165, 1.54) is 0 Å². The van der Waals surface area contributed by atoms with Gasteiger partial charge >= 0.3 is 0 Å². The van der Waals surface area contributed by atoms with Gasteiger partial charge in [0.2, 0.25) is 5.91 Å². The van der Waals surface area contributed by atoms with Crippen LogP contribution in [0.5, 0.6) is 0 Å². The number of rotatable bonds is 4. The average molecular weight is 279 g/mol. The van der Waals surface area contributed by atoms with Gasteiger partial charge in [0, 0.05) is 11.8 Å². The van der Waals surface area contributed by atoms with Gasteiger partial charge in [-0.25, -0.2) is 4.68 Å². The molecule has 0 bridgehead atoms. The van der Waals surface area contributed by atoms with Crippen molar-refractivity contribution in [2.45, 2.75) is 19.9 Å². The van der Waals surface area contributed by atoms with Gasteiger partial charge < -0.3 is 11.1 Å². The van der Waals surface area contributed by atoms with Crippen molar-refractivity contribution in [3.63, 3.8) is 0 Å². The maximum absolute atomic E-state index is 11.0. The highest BCUT2D eigenvalue weighted by atomic mass is 35.5. The molecule has 3 N–H and O–H groups in total. The number of amides is 1. The molecule has 19 heavy (non-hydrogen) atoms. The van der Waals surface area contributed by atoms with Crippen LogP contribution in [0.25, 0.3) is 5.69 Å². The van der Waals surface area contributed by atoms with E-state index >= 15 is 0 Å². The van der Waals surface area contributed by atoms with Crippen LogP contribution in [0.15, 0.2) is 30.3 Å². The van der Waals surface area contributed by atoms with Crippen LogP contribution in [0.4, 0.5) is 5.82 Å². The molecular formula is C13H15ClN4O. The smallest absolute Gasteiger partial charge is 0.239 e. The van der Waals surface area contributed by atoms with Gasteiger partial charge in [0.15, 0.2) is 0 Å². The van der Waals surface area contributed by atoms with E-state index in [1.807, 2.05) is 31.2 Å². The van der Waals surface area contributed by atoms with Crippen LogP contribution < -0.4 is 11.1 Å². The number of primary amides is 1. The summed E-state index contributed by atoms with van der Waals surface area (Å²) in [5.41, 5.74) is 6.91. The predicted molar refractivity (Wildman–Crippen MR) is 75.6 cm³/mol. The van der Waals surface area contributed by atoms with Crippen molar-refractivity contribution in [3.8, 4) is 5.69 Å². The molecule has 100 valence electrons. The number of hydrogen-bond donors (Lipinski definition) is 2.